The van der Waals surface area contributed by atoms with E-state index in [1.54, 1.807) is 35.3 Å². The second-order valence-electron chi connectivity index (χ2n) is 6.23. The minimum Gasteiger partial charge on any atom is -0.360 e. The van der Waals surface area contributed by atoms with Crippen molar-refractivity contribution in [1.29, 1.82) is 0 Å². The lowest BCUT2D eigenvalue weighted by atomic mass is 10.2. The highest BCUT2D eigenvalue weighted by molar-refractivity contribution is 14.1. The molecule has 0 bridgehead atoms. The van der Waals surface area contributed by atoms with Gasteiger partial charge in [-0.3, -0.25) is 9.36 Å². The molecule has 4 heterocycles. The smallest absolute Gasteiger partial charge is 0.265 e. The first-order valence-electron chi connectivity index (χ1n) is 8.39. The van der Waals surface area contributed by atoms with Crippen molar-refractivity contribution in [2.45, 2.75) is 0 Å². The molecule has 0 saturated heterocycles. The Balaban J connectivity index is 1.65. The van der Waals surface area contributed by atoms with E-state index in [0.717, 1.165) is 24.7 Å². The highest BCUT2D eigenvalue weighted by atomic mass is 127. The summed E-state index contributed by atoms with van der Waals surface area (Å²) in [5.41, 5.74) is 1.67. The lowest BCUT2D eigenvalue weighted by Crippen LogP contribution is -2.11. The number of aromatic amines is 1. The van der Waals surface area contributed by atoms with Crippen molar-refractivity contribution in [2.75, 3.05) is 5.32 Å². The van der Waals surface area contributed by atoms with Gasteiger partial charge in [0.2, 0.25) is 0 Å². The molecule has 0 spiro atoms. The van der Waals surface area contributed by atoms with E-state index in [1.165, 1.54) is 17.4 Å². The fraction of sp³-hybridized carbons (Fsp3) is 0. The molecular weight excluding hydrogens is 490 g/mol. The first-order chi connectivity index (χ1) is 13.6. The Morgan fingerprint density at radius 1 is 1.25 bits per heavy atom. The number of rotatable bonds is 3. The Kier molecular flexibility index (Phi) is 4.17. The minimum absolute atomic E-state index is 0.197. The zero-order chi connectivity index (χ0) is 19.3. The van der Waals surface area contributed by atoms with E-state index < -0.39 is 0 Å². The van der Waals surface area contributed by atoms with Crippen LogP contribution in [0, 0.1) is 9.39 Å². The molecule has 1 aromatic carbocycles. The van der Waals surface area contributed by atoms with Crippen LogP contribution in [0.4, 0.5) is 15.1 Å². The van der Waals surface area contributed by atoms with Gasteiger partial charge in [-0.2, -0.15) is 0 Å². The number of aromatic nitrogens is 3. The van der Waals surface area contributed by atoms with Crippen LogP contribution in [-0.2, 0) is 0 Å². The number of H-pyrrole nitrogens is 1. The van der Waals surface area contributed by atoms with Crippen LogP contribution >= 0.6 is 33.9 Å². The maximum Gasteiger partial charge on any atom is 0.265 e. The molecule has 0 amide bonds. The van der Waals surface area contributed by atoms with Gasteiger partial charge in [0.05, 0.1) is 16.8 Å². The molecule has 0 fully saturated rings. The summed E-state index contributed by atoms with van der Waals surface area (Å²) in [6, 6.07) is 10.5. The lowest BCUT2D eigenvalue weighted by Gasteiger charge is -2.09. The Morgan fingerprint density at radius 2 is 2.14 bits per heavy atom. The van der Waals surface area contributed by atoms with Crippen LogP contribution in [0.15, 0.2) is 61.2 Å². The van der Waals surface area contributed by atoms with E-state index >= 15 is 0 Å². The van der Waals surface area contributed by atoms with Crippen LogP contribution in [0.5, 0.6) is 0 Å². The van der Waals surface area contributed by atoms with Gasteiger partial charge in [0.15, 0.2) is 0 Å². The van der Waals surface area contributed by atoms with Crippen LogP contribution in [0.2, 0.25) is 0 Å². The molecule has 0 aliphatic carbocycles. The summed E-state index contributed by atoms with van der Waals surface area (Å²) in [6.07, 6.45) is 7.05. The number of anilines is 2. The number of pyridine rings is 1. The van der Waals surface area contributed by atoms with Crippen LogP contribution in [0.25, 0.3) is 21.1 Å². The van der Waals surface area contributed by atoms with E-state index in [1.807, 2.05) is 24.4 Å². The molecule has 0 atom stereocenters. The number of carbonyl (C=O) groups excluding carboxylic acids is 1. The number of halogens is 2. The van der Waals surface area contributed by atoms with Crippen LogP contribution in [0.1, 0.15) is 10.4 Å². The van der Waals surface area contributed by atoms with E-state index in [9.17, 15) is 9.18 Å². The second-order valence-corrected chi connectivity index (χ2v) is 8.47. The van der Waals surface area contributed by atoms with Gasteiger partial charge in [0.1, 0.15) is 15.6 Å². The molecule has 0 radical (unpaired) electrons. The van der Waals surface area contributed by atoms with E-state index in [4.69, 9.17) is 0 Å². The van der Waals surface area contributed by atoms with E-state index in [0.29, 0.717) is 16.3 Å². The highest BCUT2D eigenvalue weighted by Gasteiger charge is 2.22. The molecule has 5 aromatic rings. The lowest BCUT2D eigenvalue weighted by molar-refractivity contribution is 0.0963. The zero-order valence-electron chi connectivity index (χ0n) is 14.2. The van der Waals surface area contributed by atoms with Gasteiger partial charge in [0, 0.05) is 39.1 Å². The first kappa shape index (κ1) is 17.4. The summed E-state index contributed by atoms with van der Waals surface area (Å²) in [4.78, 5) is 21.5. The topological polar surface area (TPSA) is 62.7 Å². The second kappa shape index (κ2) is 6.71. The minimum atomic E-state index is -0.370. The van der Waals surface area contributed by atoms with Crippen molar-refractivity contribution in [3.05, 3.63) is 76.1 Å². The predicted octanol–water partition coefficient (Wildman–Crippen LogP) is 5.75. The highest BCUT2D eigenvalue weighted by Crippen LogP contribution is 2.37. The average molecular weight is 502 g/mol. The molecule has 138 valence electrons. The van der Waals surface area contributed by atoms with Crippen molar-refractivity contribution < 1.29 is 9.18 Å². The number of carbonyl (C=O) groups is 1. The fourth-order valence-electron chi connectivity index (χ4n) is 3.14. The van der Waals surface area contributed by atoms with Gasteiger partial charge >= 0.3 is 0 Å². The largest absolute Gasteiger partial charge is 0.360 e. The summed E-state index contributed by atoms with van der Waals surface area (Å²) in [7, 11) is 0. The quantitative estimate of drug-likeness (QED) is 0.309. The monoisotopic (exact) mass is 502 g/mol. The van der Waals surface area contributed by atoms with E-state index in [2.05, 4.69) is 37.9 Å². The molecule has 0 aliphatic rings. The van der Waals surface area contributed by atoms with Gasteiger partial charge in [-0.05, 0) is 59.0 Å². The van der Waals surface area contributed by atoms with Crippen molar-refractivity contribution in [2.24, 2.45) is 0 Å². The van der Waals surface area contributed by atoms with Gasteiger partial charge in [0.25, 0.3) is 5.91 Å². The molecule has 0 saturated carbocycles. The Bertz CT molecular complexity index is 1320. The number of benzene rings is 1. The molecule has 2 N–H and O–H groups in total. The summed E-state index contributed by atoms with van der Waals surface area (Å²) >= 11 is 3.39. The number of nitrogens with zero attached hydrogens (tertiary/aromatic N) is 2. The molecule has 5 rings (SSSR count). The standard InChI is InChI=1S/C20H12FIN4OS/c21-14-8-12(22)3-4-15(14)25-19-17(13-2-1-6-24-18(13)28-19)20(27)26-9-11-5-7-23-16(11)10-26/h1-10,23,25H. The summed E-state index contributed by atoms with van der Waals surface area (Å²) in [6.45, 7) is 0. The van der Waals surface area contributed by atoms with Crippen LogP contribution in [-0.4, -0.2) is 20.4 Å². The maximum atomic E-state index is 14.4. The molecule has 28 heavy (non-hydrogen) atoms. The van der Waals surface area contributed by atoms with Gasteiger partial charge in [-0.15, -0.1) is 0 Å². The Hall–Kier alpha value is -2.72. The van der Waals surface area contributed by atoms with Gasteiger partial charge in [-0.25, -0.2) is 9.37 Å². The summed E-state index contributed by atoms with van der Waals surface area (Å²) < 4.78 is 16.7. The van der Waals surface area contributed by atoms with Gasteiger partial charge in [-0.1, -0.05) is 11.3 Å². The van der Waals surface area contributed by atoms with E-state index in [-0.39, 0.29) is 11.7 Å². The molecule has 8 heteroatoms. The first-order valence-corrected chi connectivity index (χ1v) is 10.3. The fourth-order valence-corrected chi connectivity index (χ4v) is 4.64. The Morgan fingerprint density at radius 3 is 2.96 bits per heavy atom. The Labute approximate surface area is 176 Å². The summed E-state index contributed by atoms with van der Waals surface area (Å²) in [5.74, 6) is -0.567. The number of thiophene rings is 1. The van der Waals surface area contributed by atoms with Crippen LogP contribution < -0.4 is 5.32 Å². The van der Waals surface area contributed by atoms with Crippen molar-refractivity contribution in [3.8, 4) is 0 Å². The molecular formula is C20H12FIN4OS. The normalized spacial score (nSPS) is 11.4. The number of nitrogens with one attached hydrogen (secondary N) is 2. The summed E-state index contributed by atoms with van der Waals surface area (Å²) in [5, 5.41) is 5.35. The zero-order valence-corrected chi connectivity index (χ0v) is 17.2. The van der Waals surface area contributed by atoms with Crippen molar-refractivity contribution >= 4 is 71.6 Å². The SMILES string of the molecule is O=C(c1c(Nc2ccc(I)cc2F)sc2ncccc12)n1cc2cc[nH]c2c1. The molecule has 5 nitrogen and oxygen atoms in total. The number of fused-ring (bicyclic) bond motifs is 2. The third-order valence-electron chi connectivity index (χ3n) is 4.45. The van der Waals surface area contributed by atoms with Crippen molar-refractivity contribution in [3.63, 3.8) is 0 Å². The van der Waals surface area contributed by atoms with Crippen LogP contribution in [0.3, 0.4) is 0 Å². The third kappa shape index (κ3) is 2.89. The maximum absolute atomic E-state index is 14.4. The predicted molar refractivity (Wildman–Crippen MR) is 118 cm³/mol. The molecule has 0 aliphatic heterocycles. The third-order valence-corrected chi connectivity index (χ3v) is 6.15. The molecule has 4 aromatic heterocycles. The van der Waals surface area contributed by atoms with Gasteiger partial charge < -0.3 is 10.3 Å². The average Bonchev–Trinajstić information content (AvgIpc) is 3.36. The molecule has 0 unspecified atom stereocenters. The number of hydrogen-bond acceptors (Lipinski definition) is 4. The van der Waals surface area contributed by atoms with Crippen molar-refractivity contribution in [1.82, 2.24) is 14.5 Å². The number of hydrogen-bond donors (Lipinski definition) is 2.